The molecule has 1 aliphatic carbocycles. The molecule has 3 nitrogen and oxygen atoms in total. The van der Waals surface area contributed by atoms with E-state index in [-0.39, 0.29) is 5.69 Å². The summed E-state index contributed by atoms with van der Waals surface area (Å²) < 4.78 is 0. The number of nitrogens with zero attached hydrogens (tertiary/aromatic N) is 1. The fourth-order valence-electron chi connectivity index (χ4n) is 2.08. The molecule has 14 heavy (non-hydrogen) atoms. The minimum absolute atomic E-state index is 0.161. The summed E-state index contributed by atoms with van der Waals surface area (Å²) >= 11 is 0. The van der Waals surface area contributed by atoms with Crippen LogP contribution in [0.3, 0.4) is 0 Å². The van der Waals surface area contributed by atoms with Crippen LogP contribution in [0, 0.1) is 0 Å². The molecular formula is C11H13NO2. The third kappa shape index (κ3) is 1.76. The molecule has 1 N–H and O–H groups in total. The van der Waals surface area contributed by atoms with Crippen molar-refractivity contribution in [2.45, 2.75) is 31.6 Å². The van der Waals surface area contributed by atoms with Crippen LogP contribution in [0.2, 0.25) is 0 Å². The molecule has 0 aliphatic heterocycles. The average Bonchev–Trinajstić information content (AvgIpc) is 2.71. The van der Waals surface area contributed by atoms with Crippen molar-refractivity contribution in [1.29, 1.82) is 0 Å². The van der Waals surface area contributed by atoms with E-state index in [1.165, 1.54) is 25.7 Å². The Kier molecular flexibility index (Phi) is 2.48. The van der Waals surface area contributed by atoms with Gasteiger partial charge in [-0.05, 0) is 36.5 Å². The average molecular weight is 191 g/mol. The van der Waals surface area contributed by atoms with Crippen molar-refractivity contribution >= 4 is 5.97 Å². The molecule has 0 atom stereocenters. The first kappa shape index (κ1) is 9.19. The number of hydrogen-bond donors (Lipinski definition) is 1. The van der Waals surface area contributed by atoms with Crippen LogP contribution in [0.15, 0.2) is 18.3 Å². The van der Waals surface area contributed by atoms with Crippen molar-refractivity contribution in [3.05, 3.63) is 29.6 Å². The van der Waals surface area contributed by atoms with Crippen molar-refractivity contribution in [3.8, 4) is 0 Å². The Morgan fingerprint density at radius 2 is 2.14 bits per heavy atom. The molecule has 0 bridgehead atoms. The molecule has 1 fully saturated rings. The van der Waals surface area contributed by atoms with Gasteiger partial charge in [0, 0.05) is 6.20 Å². The van der Waals surface area contributed by atoms with Crippen molar-refractivity contribution in [2.24, 2.45) is 0 Å². The summed E-state index contributed by atoms with van der Waals surface area (Å²) in [4.78, 5) is 14.5. The molecule has 1 heterocycles. The molecule has 0 aromatic carbocycles. The molecule has 1 saturated carbocycles. The van der Waals surface area contributed by atoms with Gasteiger partial charge in [-0.15, -0.1) is 0 Å². The number of carboxylic acids is 1. The van der Waals surface area contributed by atoms with Crippen LogP contribution in [-0.4, -0.2) is 16.1 Å². The SMILES string of the molecule is O=C(O)c1cc(C2CCCC2)ccn1. The number of rotatable bonds is 2. The van der Waals surface area contributed by atoms with Gasteiger partial charge in [0.1, 0.15) is 5.69 Å². The van der Waals surface area contributed by atoms with Crippen LogP contribution in [0.5, 0.6) is 0 Å². The van der Waals surface area contributed by atoms with E-state index in [1.54, 1.807) is 12.3 Å². The molecule has 0 spiro atoms. The van der Waals surface area contributed by atoms with Gasteiger partial charge in [-0.3, -0.25) is 0 Å². The topological polar surface area (TPSA) is 50.2 Å². The molecule has 0 amide bonds. The molecule has 0 radical (unpaired) electrons. The molecule has 0 saturated heterocycles. The molecule has 1 aromatic rings. The lowest BCUT2D eigenvalue weighted by molar-refractivity contribution is 0.0690. The highest BCUT2D eigenvalue weighted by atomic mass is 16.4. The van der Waals surface area contributed by atoms with E-state index in [0.717, 1.165) is 5.56 Å². The van der Waals surface area contributed by atoms with Crippen LogP contribution in [0.25, 0.3) is 0 Å². The predicted octanol–water partition coefficient (Wildman–Crippen LogP) is 2.44. The fraction of sp³-hybridized carbons (Fsp3) is 0.455. The van der Waals surface area contributed by atoms with Gasteiger partial charge in [0.2, 0.25) is 0 Å². The smallest absolute Gasteiger partial charge is 0.354 e. The van der Waals surface area contributed by atoms with E-state index < -0.39 is 5.97 Å². The molecule has 74 valence electrons. The van der Waals surface area contributed by atoms with Crippen molar-refractivity contribution in [3.63, 3.8) is 0 Å². The Labute approximate surface area is 82.8 Å². The maximum Gasteiger partial charge on any atom is 0.354 e. The maximum atomic E-state index is 10.7. The zero-order valence-corrected chi connectivity index (χ0v) is 7.94. The number of hydrogen-bond acceptors (Lipinski definition) is 2. The van der Waals surface area contributed by atoms with Gasteiger partial charge in [-0.25, -0.2) is 9.78 Å². The van der Waals surface area contributed by atoms with E-state index in [4.69, 9.17) is 5.11 Å². The number of aromatic carboxylic acids is 1. The van der Waals surface area contributed by atoms with E-state index in [9.17, 15) is 4.79 Å². The summed E-state index contributed by atoms with van der Waals surface area (Å²) in [6.45, 7) is 0. The number of carboxylic acid groups (broad SMARTS) is 1. The molecular weight excluding hydrogens is 178 g/mol. The summed E-state index contributed by atoms with van der Waals surface area (Å²) in [5.41, 5.74) is 1.30. The second-order valence-corrected chi connectivity index (χ2v) is 3.76. The lowest BCUT2D eigenvalue weighted by Gasteiger charge is -2.08. The van der Waals surface area contributed by atoms with Crippen LogP contribution in [0.1, 0.15) is 47.7 Å². The van der Waals surface area contributed by atoms with Crippen molar-refractivity contribution < 1.29 is 9.90 Å². The zero-order valence-electron chi connectivity index (χ0n) is 7.94. The van der Waals surface area contributed by atoms with Crippen LogP contribution in [0.4, 0.5) is 0 Å². The van der Waals surface area contributed by atoms with Crippen LogP contribution < -0.4 is 0 Å². The van der Waals surface area contributed by atoms with Gasteiger partial charge in [0.25, 0.3) is 0 Å². The Balaban J connectivity index is 2.25. The summed E-state index contributed by atoms with van der Waals surface area (Å²) in [7, 11) is 0. The summed E-state index contributed by atoms with van der Waals surface area (Å²) in [5.74, 6) is -0.388. The van der Waals surface area contributed by atoms with Gasteiger partial charge >= 0.3 is 5.97 Å². The van der Waals surface area contributed by atoms with Crippen LogP contribution in [-0.2, 0) is 0 Å². The van der Waals surface area contributed by atoms with Gasteiger partial charge < -0.3 is 5.11 Å². The number of aromatic nitrogens is 1. The minimum atomic E-state index is -0.940. The van der Waals surface area contributed by atoms with Gasteiger partial charge in [-0.2, -0.15) is 0 Å². The van der Waals surface area contributed by atoms with E-state index in [2.05, 4.69) is 4.98 Å². The summed E-state index contributed by atoms with van der Waals surface area (Å²) in [6.07, 6.45) is 6.48. The second-order valence-electron chi connectivity index (χ2n) is 3.76. The van der Waals surface area contributed by atoms with Crippen molar-refractivity contribution in [2.75, 3.05) is 0 Å². The molecule has 1 aliphatic rings. The quantitative estimate of drug-likeness (QED) is 0.781. The lowest BCUT2D eigenvalue weighted by atomic mass is 9.98. The number of carbonyl (C=O) groups is 1. The third-order valence-corrected chi connectivity index (χ3v) is 2.83. The summed E-state index contributed by atoms with van der Waals surface area (Å²) in [6, 6.07) is 3.64. The molecule has 1 aromatic heterocycles. The first-order valence-corrected chi connectivity index (χ1v) is 4.96. The second kappa shape index (κ2) is 3.78. The molecule has 0 unspecified atom stereocenters. The predicted molar refractivity (Wildman–Crippen MR) is 52.4 cm³/mol. The highest BCUT2D eigenvalue weighted by Crippen LogP contribution is 2.33. The third-order valence-electron chi connectivity index (χ3n) is 2.83. The Morgan fingerprint density at radius 3 is 2.79 bits per heavy atom. The Bertz CT molecular complexity index is 343. The first-order chi connectivity index (χ1) is 6.77. The van der Waals surface area contributed by atoms with Crippen molar-refractivity contribution in [1.82, 2.24) is 4.98 Å². The first-order valence-electron chi connectivity index (χ1n) is 4.96. The summed E-state index contributed by atoms with van der Waals surface area (Å²) in [5, 5.41) is 8.79. The molecule has 2 rings (SSSR count). The molecule has 3 heteroatoms. The minimum Gasteiger partial charge on any atom is -0.477 e. The standard InChI is InChI=1S/C11H13NO2/c13-11(14)10-7-9(5-6-12-10)8-3-1-2-4-8/h5-8H,1-4H2,(H,13,14). The van der Waals surface area contributed by atoms with Crippen LogP contribution >= 0.6 is 0 Å². The zero-order chi connectivity index (χ0) is 9.97. The maximum absolute atomic E-state index is 10.7. The normalized spacial score (nSPS) is 17.1. The van der Waals surface area contributed by atoms with E-state index >= 15 is 0 Å². The Morgan fingerprint density at radius 1 is 1.43 bits per heavy atom. The van der Waals surface area contributed by atoms with Gasteiger partial charge in [0.05, 0.1) is 0 Å². The lowest BCUT2D eigenvalue weighted by Crippen LogP contribution is -2.02. The highest BCUT2D eigenvalue weighted by Gasteiger charge is 2.18. The largest absolute Gasteiger partial charge is 0.477 e. The van der Waals surface area contributed by atoms with E-state index in [1.807, 2.05) is 6.07 Å². The Hall–Kier alpha value is -1.38. The monoisotopic (exact) mass is 191 g/mol. The number of pyridine rings is 1. The highest BCUT2D eigenvalue weighted by molar-refractivity contribution is 5.85. The van der Waals surface area contributed by atoms with E-state index in [0.29, 0.717) is 5.92 Å². The van der Waals surface area contributed by atoms with Gasteiger partial charge in [0.15, 0.2) is 0 Å². The van der Waals surface area contributed by atoms with Gasteiger partial charge in [-0.1, -0.05) is 12.8 Å². The fourth-order valence-corrected chi connectivity index (χ4v) is 2.08.